The Labute approximate surface area is 120 Å². The summed E-state index contributed by atoms with van der Waals surface area (Å²) in [5, 5.41) is 2.92. The molecule has 5 nitrogen and oxygen atoms in total. The van der Waals surface area contributed by atoms with Gasteiger partial charge in [0.1, 0.15) is 6.61 Å². The Balaban J connectivity index is 2.44. The largest absolute Gasteiger partial charge is 0.462 e. The Bertz CT molecular complexity index is 453. The molecule has 0 aliphatic rings. The summed E-state index contributed by atoms with van der Waals surface area (Å²) in [6.07, 6.45) is -1.78. The van der Waals surface area contributed by atoms with Crippen molar-refractivity contribution in [3.63, 3.8) is 0 Å². The van der Waals surface area contributed by atoms with Crippen LogP contribution in [-0.4, -0.2) is 30.7 Å². The molecule has 0 aliphatic carbocycles. The summed E-state index contributed by atoms with van der Waals surface area (Å²) in [6, 6.07) is 6.54. The van der Waals surface area contributed by atoms with Crippen molar-refractivity contribution < 1.29 is 19.1 Å². The number of amides is 1. The van der Waals surface area contributed by atoms with E-state index >= 15 is 0 Å². The van der Waals surface area contributed by atoms with Gasteiger partial charge in [0.25, 0.3) is 0 Å². The molecule has 0 bridgehead atoms. The number of ether oxygens (including phenoxy) is 2. The van der Waals surface area contributed by atoms with Crippen LogP contribution in [0.3, 0.4) is 0 Å². The summed E-state index contributed by atoms with van der Waals surface area (Å²) in [6.45, 7) is 1.48. The van der Waals surface area contributed by atoms with Gasteiger partial charge in [-0.2, -0.15) is 0 Å². The number of hydrogen-bond donors (Lipinski definition) is 1. The third-order valence-corrected chi connectivity index (χ3v) is 2.40. The smallest absolute Gasteiger partial charge is 0.412 e. The summed E-state index contributed by atoms with van der Waals surface area (Å²) >= 11 is 11.1. The number of halogens is 2. The molecule has 0 spiro atoms. The van der Waals surface area contributed by atoms with Crippen molar-refractivity contribution in [1.82, 2.24) is 0 Å². The van der Waals surface area contributed by atoms with Crippen molar-refractivity contribution >= 4 is 41.0 Å². The molecule has 0 saturated carbocycles. The Morgan fingerprint density at radius 2 is 2.16 bits per heavy atom. The fourth-order valence-electron chi connectivity index (χ4n) is 1.18. The normalized spacial score (nSPS) is 11.5. The number of anilines is 1. The lowest BCUT2D eigenvalue weighted by Gasteiger charge is -2.13. The quantitative estimate of drug-likeness (QED) is 0.671. The Hall–Kier alpha value is -1.46. The molecule has 0 aliphatic heterocycles. The topological polar surface area (TPSA) is 64.6 Å². The first-order valence-corrected chi connectivity index (χ1v) is 6.40. The predicted octanol–water partition coefficient (Wildman–Crippen LogP) is 3.06. The number of rotatable bonds is 5. The van der Waals surface area contributed by atoms with Crippen LogP contribution in [0.25, 0.3) is 0 Å². The average Bonchev–Trinajstić information content (AvgIpc) is 2.35. The van der Waals surface area contributed by atoms with E-state index in [4.69, 9.17) is 32.7 Å². The van der Waals surface area contributed by atoms with Crippen LogP contribution in [0.15, 0.2) is 24.3 Å². The van der Waals surface area contributed by atoms with Crippen LogP contribution in [0.4, 0.5) is 10.5 Å². The molecule has 1 atom stereocenters. The van der Waals surface area contributed by atoms with E-state index in [-0.39, 0.29) is 12.5 Å². The molecule has 0 saturated heterocycles. The molecule has 1 rings (SSSR count). The van der Waals surface area contributed by atoms with Gasteiger partial charge in [-0.1, -0.05) is 17.7 Å². The lowest BCUT2D eigenvalue weighted by Crippen LogP contribution is -2.29. The van der Waals surface area contributed by atoms with Gasteiger partial charge in [0.2, 0.25) is 0 Å². The van der Waals surface area contributed by atoms with Gasteiger partial charge in [0.15, 0.2) is 6.10 Å². The Morgan fingerprint density at radius 1 is 1.42 bits per heavy atom. The average molecular weight is 306 g/mol. The first-order chi connectivity index (χ1) is 9.02. The van der Waals surface area contributed by atoms with Gasteiger partial charge in [-0.3, -0.25) is 5.32 Å². The first-order valence-electron chi connectivity index (χ1n) is 5.48. The van der Waals surface area contributed by atoms with Crippen molar-refractivity contribution in [3.8, 4) is 0 Å². The number of benzene rings is 1. The van der Waals surface area contributed by atoms with E-state index in [1.165, 1.54) is 6.92 Å². The van der Waals surface area contributed by atoms with Gasteiger partial charge < -0.3 is 9.47 Å². The number of carbonyl (C=O) groups is 2. The maximum absolute atomic E-state index is 11.5. The number of alkyl halides is 1. The van der Waals surface area contributed by atoms with Crippen LogP contribution >= 0.6 is 23.2 Å². The van der Waals surface area contributed by atoms with E-state index in [0.29, 0.717) is 10.7 Å². The summed E-state index contributed by atoms with van der Waals surface area (Å²) in [5.74, 6) is -0.463. The van der Waals surface area contributed by atoms with Crippen molar-refractivity contribution in [2.45, 2.75) is 13.0 Å². The SMILES string of the molecule is CC(OC(=O)Nc1cccc(Cl)c1)C(=O)OCCCl. The molecule has 0 radical (unpaired) electrons. The van der Waals surface area contributed by atoms with E-state index in [0.717, 1.165) is 0 Å². The molecule has 1 aromatic carbocycles. The number of esters is 1. The van der Waals surface area contributed by atoms with Crippen molar-refractivity contribution in [2.75, 3.05) is 17.8 Å². The molecule has 0 heterocycles. The van der Waals surface area contributed by atoms with Crippen LogP contribution in [0.1, 0.15) is 6.92 Å². The molecule has 1 N–H and O–H groups in total. The molecule has 1 unspecified atom stereocenters. The minimum atomic E-state index is -1.01. The van der Waals surface area contributed by atoms with Crippen molar-refractivity contribution in [3.05, 3.63) is 29.3 Å². The zero-order chi connectivity index (χ0) is 14.3. The summed E-state index contributed by atoms with van der Waals surface area (Å²) < 4.78 is 9.57. The molecular weight excluding hydrogens is 293 g/mol. The van der Waals surface area contributed by atoms with E-state index in [1.54, 1.807) is 24.3 Å². The number of carbonyl (C=O) groups excluding carboxylic acids is 2. The van der Waals surface area contributed by atoms with Gasteiger partial charge >= 0.3 is 12.1 Å². The van der Waals surface area contributed by atoms with Crippen molar-refractivity contribution in [1.29, 1.82) is 0 Å². The zero-order valence-electron chi connectivity index (χ0n) is 10.2. The molecule has 0 fully saturated rings. The summed E-state index contributed by atoms with van der Waals surface area (Å²) in [5.41, 5.74) is 0.471. The fraction of sp³-hybridized carbons (Fsp3) is 0.333. The lowest BCUT2D eigenvalue weighted by molar-refractivity contribution is -0.151. The highest BCUT2D eigenvalue weighted by atomic mass is 35.5. The second-order valence-corrected chi connectivity index (χ2v) is 4.35. The minimum Gasteiger partial charge on any atom is -0.462 e. The van der Waals surface area contributed by atoms with Crippen LogP contribution in [0, 0.1) is 0 Å². The van der Waals surface area contributed by atoms with E-state index in [9.17, 15) is 9.59 Å². The summed E-state index contributed by atoms with van der Waals surface area (Å²) in [4.78, 5) is 22.8. The van der Waals surface area contributed by atoms with E-state index < -0.39 is 18.2 Å². The molecule has 0 aromatic heterocycles. The highest BCUT2D eigenvalue weighted by Crippen LogP contribution is 2.15. The second kappa shape index (κ2) is 7.86. The van der Waals surface area contributed by atoms with Crippen molar-refractivity contribution in [2.24, 2.45) is 0 Å². The molecule has 1 amide bonds. The van der Waals surface area contributed by atoms with Gasteiger partial charge in [-0.25, -0.2) is 9.59 Å². The van der Waals surface area contributed by atoms with Gasteiger partial charge in [-0.15, -0.1) is 11.6 Å². The van der Waals surface area contributed by atoms with E-state index in [2.05, 4.69) is 5.32 Å². The van der Waals surface area contributed by atoms with E-state index in [1.807, 2.05) is 0 Å². The zero-order valence-corrected chi connectivity index (χ0v) is 11.7. The highest BCUT2D eigenvalue weighted by molar-refractivity contribution is 6.30. The second-order valence-electron chi connectivity index (χ2n) is 3.54. The highest BCUT2D eigenvalue weighted by Gasteiger charge is 2.19. The molecular formula is C12H13Cl2NO4. The Kier molecular flexibility index (Phi) is 6.45. The van der Waals surface area contributed by atoms with Gasteiger partial charge in [0.05, 0.1) is 5.88 Å². The van der Waals surface area contributed by atoms with Crippen LogP contribution in [0.2, 0.25) is 5.02 Å². The molecule has 1 aromatic rings. The molecule has 104 valence electrons. The molecule has 7 heteroatoms. The number of hydrogen-bond acceptors (Lipinski definition) is 4. The summed E-state index contributed by atoms with van der Waals surface area (Å²) in [7, 11) is 0. The monoisotopic (exact) mass is 305 g/mol. The predicted molar refractivity (Wildman–Crippen MR) is 72.7 cm³/mol. The maximum Gasteiger partial charge on any atom is 0.412 e. The standard InChI is InChI=1S/C12H13Cl2NO4/c1-8(11(16)18-6-5-13)19-12(17)15-10-4-2-3-9(14)7-10/h2-4,7-8H,5-6H2,1H3,(H,15,17). The van der Waals surface area contributed by atoms with Crippen LogP contribution in [-0.2, 0) is 14.3 Å². The Morgan fingerprint density at radius 3 is 2.79 bits per heavy atom. The lowest BCUT2D eigenvalue weighted by atomic mass is 10.3. The van der Waals surface area contributed by atoms with Gasteiger partial charge in [0, 0.05) is 10.7 Å². The third-order valence-electron chi connectivity index (χ3n) is 2.01. The third kappa shape index (κ3) is 5.81. The minimum absolute atomic E-state index is 0.0734. The first kappa shape index (κ1) is 15.6. The van der Waals surface area contributed by atoms with Crippen LogP contribution in [0.5, 0.6) is 0 Å². The number of nitrogens with one attached hydrogen (secondary N) is 1. The van der Waals surface area contributed by atoms with Gasteiger partial charge in [-0.05, 0) is 25.1 Å². The molecule has 19 heavy (non-hydrogen) atoms. The van der Waals surface area contributed by atoms with Crippen LogP contribution < -0.4 is 5.32 Å². The maximum atomic E-state index is 11.5. The fourth-order valence-corrected chi connectivity index (χ4v) is 1.45.